The van der Waals surface area contributed by atoms with Crippen LogP contribution in [0.15, 0.2) is 24.5 Å². The van der Waals surface area contributed by atoms with E-state index in [0.29, 0.717) is 12.2 Å². The van der Waals surface area contributed by atoms with Crippen LogP contribution in [0.4, 0.5) is 5.69 Å². The zero-order valence-electron chi connectivity index (χ0n) is 9.03. The van der Waals surface area contributed by atoms with Gasteiger partial charge in [0.15, 0.2) is 0 Å². The average Bonchev–Trinajstić information content (AvgIpc) is 2.77. The first-order valence-electron chi connectivity index (χ1n) is 5.15. The van der Waals surface area contributed by atoms with Crippen LogP contribution in [0.5, 0.6) is 0 Å². The van der Waals surface area contributed by atoms with Gasteiger partial charge in [0.2, 0.25) is 5.91 Å². The summed E-state index contributed by atoms with van der Waals surface area (Å²) >= 11 is 0. The van der Waals surface area contributed by atoms with Gasteiger partial charge in [0, 0.05) is 12.5 Å². The average molecular weight is 218 g/mol. The second kappa shape index (κ2) is 4.32. The molecule has 1 atom stereocenters. The second-order valence-corrected chi connectivity index (χ2v) is 3.73. The van der Waals surface area contributed by atoms with E-state index < -0.39 is 0 Å². The van der Waals surface area contributed by atoms with Crippen LogP contribution < -0.4 is 11.1 Å². The number of para-hydroxylation sites is 1. The van der Waals surface area contributed by atoms with E-state index in [9.17, 15) is 4.79 Å². The largest absolute Gasteiger partial charge is 0.345 e. The van der Waals surface area contributed by atoms with Crippen molar-refractivity contribution in [2.24, 2.45) is 11.7 Å². The van der Waals surface area contributed by atoms with Gasteiger partial charge in [-0.25, -0.2) is 4.98 Å². The first-order valence-corrected chi connectivity index (χ1v) is 5.15. The van der Waals surface area contributed by atoms with Crippen LogP contribution >= 0.6 is 0 Å². The first kappa shape index (κ1) is 10.6. The maximum Gasteiger partial charge on any atom is 0.228 e. The highest BCUT2D eigenvalue weighted by Gasteiger charge is 2.12. The standard InChI is InChI=1S/C11H14N4O/c1-7(5-12)11(16)15-9-4-2-3-8-10(9)14-6-13-8/h2-4,6-7H,5,12H2,1H3,(H,13,14)(H,15,16). The number of imidazole rings is 1. The maximum atomic E-state index is 11.7. The van der Waals surface area contributed by atoms with Crippen molar-refractivity contribution in [1.82, 2.24) is 9.97 Å². The van der Waals surface area contributed by atoms with Gasteiger partial charge in [-0.3, -0.25) is 4.79 Å². The Kier molecular flexibility index (Phi) is 2.87. The lowest BCUT2D eigenvalue weighted by atomic mass is 10.1. The minimum absolute atomic E-state index is 0.0852. The molecule has 1 aromatic carbocycles. The molecule has 1 unspecified atom stereocenters. The van der Waals surface area contributed by atoms with Crippen molar-refractivity contribution in [3.63, 3.8) is 0 Å². The number of aromatic amines is 1. The summed E-state index contributed by atoms with van der Waals surface area (Å²) in [7, 11) is 0. The number of aromatic nitrogens is 2. The van der Waals surface area contributed by atoms with Crippen molar-refractivity contribution in [2.75, 3.05) is 11.9 Å². The quantitative estimate of drug-likeness (QED) is 0.721. The molecule has 0 aliphatic heterocycles. The molecule has 0 fully saturated rings. The zero-order valence-corrected chi connectivity index (χ0v) is 9.03. The summed E-state index contributed by atoms with van der Waals surface area (Å²) in [5.41, 5.74) is 7.81. The predicted octanol–water partition coefficient (Wildman–Crippen LogP) is 1.10. The summed E-state index contributed by atoms with van der Waals surface area (Å²) in [6.45, 7) is 2.13. The molecule has 5 heteroatoms. The molecule has 2 aromatic rings. The second-order valence-electron chi connectivity index (χ2n) is 3.73. The van der Waals surface area contributed by atoms with E-state index >= 15 is 0 Å². The number of benzene rings is 1. The van der Waals surface area contributed by atoms with Crippen LogP contribution in [-0.4, -0.2) is 22.4 Å². The van der Waals surface area contributed by atoms with Gasteiger partial charge in [-0.05, 0) is 12.1 Å². The topological polar surface area (TPSA) is 83.8 Å². The normalized spacial score (nSPS) is 12.6. The number of carbonyl (C=O) groups excluding carboxylic acids is 1. The number of H-pyrrole nitrogens is 1. The number of nitrogens with one attached hydrogen (secondary N) is 2. The highest BCUT2D eigenvalue weighted by atomic mass is 16.1. The molecule has 4 N–H and O–H groups in total. The number of hydrogen-bond acceptors (Lipinski definition) is 3. The summed E-state index contributed by atoms with van der Waals surface area (Å²) in [4.78, 5) is 18.8. The van der Waals surface area contributed by atoms with E-state index in [4.69, 9.17) is 5.73 Å². The predicted molar refractivity (Wildman–Crippen MR) is 62.9 cm³/mol. The SMILES string of the molecule is CC(CN)C(=O)Nc1cccc2[nH]cnc12. The smallest absolute Gasteiger partial charge is 0.228 e. The minimum atomic E-state index is -0.200. The summed E-state index contributed by atoms with van der Waals surface area (Å²) in [6.07, 6.45) is 1.60. The maximum absolute atomic E-state index is 11.7. The van der Waals surface area contributed by atoms with Gasteiger partial charge in [-0.2, -0.15) is 0 Å². The molecule has 0 saturated carbocycles. The number of nitrogens with zero attached hydrogens (tertiary/aromatic N) is 1. The molecule has 1 amide bonds. The van der Waals surface area contributed by atoms with Gasteiger partial charge in [0.1, 0.15) is 5.52 Å². The van der Waals surface area contributed by atoms with Crippen LogP contribution in [0.2, 0.25) is 0 Å². The Hall–Kier alpha value is -1.88. The lowest BCUT2D eigenvalue weighted by Gasteiger charge is -2.09. The van der Waals surface area contributed by atoms with E-state index in [1.54, 1.807) is 13.3 Å². The Balaban J connectivity index is 2.27. The van der Waals surface area contributed by atoms with E-state index in [0.717, 1.165) is 11.0 Å². The van der Waals surface area contributed by atoms with Crippen molar-refractivity contribution in [1.29, 1.82) is 0 Å². The fraction of sp³-hybridized carbons (Fsp3) is 0.273. The van der Waals surface area contributed by atoms with E-state index in [1.807, 2.05) is 18.2 Å². The fourth-order valence-corrected chi connectivity index (χ4v) is 1.43. The molecule has 0 aliphatic rings. The summed E-state index contributed by atoms with van der Waals surface area (Å²) < 4.78 is 0. The van der Waals surface area contributed by atoms with Crippen LogP contribution in [0.1, 0.15) is 6.92 Å². The van der Waals surface area contributed by atoms with Gasteiger partial charge in [0.25, 0.3) is 0 Å². The van der Waals surface area contributed by atoms with Gasteiger partial charge in [-0.15, -0.1) is 0 Å². The van der Waals surface area contributed by atoms with Crippen molar-refractivity contribution >= 4 is 22.6 Å². The zero-order chi connectivity index (χ0) is 11.5. The van der Waals surface area contributed by atoms with E-state index in [1.165, 1.54) is 0 Å². The summed E-state index contributed by atoms with van der Waals surface area (Å²) in [6, 6.07) is 5.60. The number of carbonyl (C=O) groups is 1. The monoisotopic (exact) mass is 218 g/mol. The van der Waals surface area contributed by atoms with Crippen LogP contribution in [-0.2, 0) is 4.79 Å². The van der Waals surface area contributed by atoms with E-state index in [-0.39, 0.29) is 11.8 Å². The van der Waals surface area contributed by atoms with Crippen LogP contribution in [0.25, 0.3) is 11.0 Å². The molecule has 2 rings (SSSR count). The Morgan fingerprint density at radius 3 is 3.19 bits per heavy atom. The Bertz CT molecular complexity index is 505. The molecule has 1 heterocycles. The third kappa shape index (κ3) is 1.90. The number of fused-ring (bicyclic) bond motifs is 1. The van der Waals surface area contributed by atoms with Gasteiger partial charge in [-0.1, -0.05) is 13.0 Å². The molecule has 0 saturated heterocycles. The highest BCUT2D eigenvalue weighted by Crippen LogP contribution is 2.19. The Labute approximate surface area is 93.1 Å². The number of anilines is 1. The van der Waals surface area contributed by atoms with Crippen molar-refractivity contribution < 1.29 is 4.79 Å². The summed E-state index contributed by atoms with van der Waals surface area (Å²) in [5, 5.41) is 2.82. The van der Waals surface area contributed by atoms with Gasteiger partial charge < -0.3 is 16.0 Å². The van der Waals surface area contributed by atoms with Gasteiger partial charge >= 0.3 is 0 Å². The van der Waals surface area contributed by atoms with E-state index in [2.05, 4.69) is 15.3 Å². The minimum Gasteiger partial charge on any atom is -0.345 e. The van der Waals surface area contributed by atoms with Crippen LogP contribution in [0.3, 0.4) is 0 Å². The molecular weight excluding hydrogens is 204 g/mol. The van der Waals surface area contributed by atoms with Crippen LogP contribution in [0, 0.1) is 5.92 Å². The van der Waals surface area contributed by atoms with Crippen molar-refractivity contribution in [2.45, 2.75) is 6.92 Å². The Morgan fingerprint density at radius 2 is 2.44 bits per heavy atom. The number of nitrogens with two attached hydrogens (primary N) is 1. The molecule has 16 heavy (non-hydrogen) atoms. The third-order valence-corrected chi connectivity index (χ3v) is 2.51. The number of amides is 1. The summed E-state index contributed by atoms with van der Waals surface area (Å²) in [5.74, 6) is -0.285. The number of hydrogen-bond donors (Lipinski definition) is 3. The molecule has 84 valence electrons. The first-order chi connectivity index (χ1) is 7.72. The molecule has 0 radical (unpaired) electrons. The third-order valence-electron chi connectivity index (χ3n) is 2.51. The molecular formula is C11H14N4O. The van der Waals surface area contributed by atoms with Gasteiger partial charge in [0.05, 0.1) is 17.5 Å². The lowest BCUT2D eigenvalue weighted by Crippen LogP contribution is -2.26. The van der Waals surface area contributed by atoms with Crippen molar-refractivity contribution in [3.05, 3.63) is 24.5 Å². The Morgan fingerprint density at radius 1 is 1.62 bits per heavy atom. The van der Waals surface area contributed by atoms with Crippen molar-refractivity contribution in [3.8, 4) is 0 Å². The molecule has 0 aliphatic carbocycles. The molecule has 1 aromatic heterocycles. The highest BCUT2D eigenvalue weighted by molar-refractivity contribution is 6.00. The number of rotatable bonds is 3. The fourth-order valence-electron chi connectivity index (χ4n) is 1.43. The lowest BCUT2D eigenvalue weighted by molar-refractivity contribution is -0.119. The molecule has 5 nitrogen and oxygen atoms in total. The molecule has 0 spiro atoms. The molecule has 0 bridgehead atoms.